The third kappa shape index (κ3) is 3.39. The van der Waals surface area contributed by atoms with E-state index in [0.29, 0.717) is 6.54 Å². The summed E-state index contributed by atoms with van der Waals surface area (Å²) in [6, 6.07) is 5.67. The lowest BCUT2D eigenvalue weighted by Crippen LogP contribution is -2.27. The monoisotopic (exact) mass is 203 g/mol. The van der Waals surface area contributed by atoms with Crippen molar-refractivity contribution in [2.75, 3.05) is 0 Å². The minimum absolute atomic E-state index is 0.252. The molecule has 1 aromatic heterocycles. The van der Waals surface area contributed by atoms with Gasteiger partial charge in [0.1, 0.15) is 5.92 Å². The molecule has 0 bridgehead atoms. The van der Waals surface area contributed by atoms with Crippen molar-refractivity contribution in [1.29, 1.82) is 5.26 Å². The number of pyridine rings is 1. The van der Waals surface area contributed by atoms with E-state index in [2.05, 4.69) is 10.3 Å². The fourth-order valence-electron chi connectivity index (χ4n) is 1.00. The van der Waals surface area contributed by atoms with Crippen LogP contribution < -0.4 is 5.32 Å². The topological polar surface area (TPSA) is 65.8 Å². The van der Waals surface area contributed by atoms with Gasteiger partial charge in [-0.15, -0.1) is 0 Å². The Morgan fingerprint density at radius 2 is 2.40 bits per heavy atom. The van der Waals surface area contributed by atoms with E-state index in [1.54, 1.807) is 13.1 Å². The molecule has 1 amide bonds. The highest BCUT2D eigenvalue weighted by atomic mass is 16.1. The SMILES string of the molecule is Cc1ccc(CNC(=O)C(C)C#N)cn1. The van der Waals surface area contributed by atoms with Crippen LogP contribution in [0.1, 0.15) is 18.2 Å². The summed E-state index contributed by atoms with van der Waals surface area (Å²) in [6.45, 7) is 3.89. The van der Waals surface area contributed by atoms with E-state index in [0.717, 1.165) is 11.3 Å². The van der Waals surface area contributed by atoms with Gasteiger partial charge in [0.05, 0.1) is 6.07 Å². The molecule has 0 radical (unpaired) electrons. The largest absolute Gasteiger partial charge is 0.351 e. The number of carbonyl (C=O) groups is 1. The molecule has 1 aromatic rings. The second kappa shape index (κ2) is 5.11. The lowest BCUT2D eigenvalue weighted by Gasteiger charge is -2.05. The maximum absolute atomic E-state index is 11.3. The minimum Gasteiger partial charge on any atom is -0.351 e. The maximum atomic E-state index is 11.3. The van der Waals surface area contributed by atoms with Crippen LogP contribution >= 0.6 is 0 Å². The summed E-state index contributed by atoms with van der Waals surface area (Å²) in [6.07, 6.45) is 1.71. The Labute approximate surface area is 88.9 Å². The van der Waals surface area contributed by atoms with Crippen LogP contribution in [0.2, 0.25) is 0 Å². The number of aromatic nitrogens is 1. The van der Waals surface area contributed by atoms with E-state index in [1.807, 2.05) is 25.1 Å². The van der Waals surface area contributed by atoms with Gasteiger partial charge in [0.25, 0.3) is 0 Å². The van der Waals surface area contributed by atoms with Crippen molar-refractivity contribution in [3.8, 4) is 6.07 Å². The van der Waals surface area contributed by atoms with Crippen molar-refractivity contribution in [3.63, 3.8) is 0 Å². The Bertz CT molecular complexity index is 378. The zero-order valence-electron chi connectivity index (χ0n) is 8.82. The Morgan fingerprint density at radius 3 is 2.93 bits per heavy atom. The smallest absolute Gasteiger partial charge is 0.237 e. The van der Waals surface area contributed by atoms with Gasteiger partial charge in [0, 0.05) is 18.4 Å². The second-order valence-corrected chi connectivity index (χ2v) is 3.38. The summed E-state index contributed by atoms with van der Waals surface area (Å²) in [5.41, 5.74) is 1.87. The number of nitrogens with one attached hydrogen (secondary N) is 1. The summed E-state index contributed by atoms with van der Waals surface area (Å²) in [4.78, 5) is 15.4. The summed E-state index contributed by atoms with van der Waals surface area (Å²) < 4.78 is 0. The first kappa shape index (κ1) is 11.2. The van der Waals surface area contributed by atoms with Crippen molar-refractivity contribution in [2.24, 2.45) is 5.92 Å². The van der Waals surface area contributed by atoms with Crippen LogP contribution in [-0.2, 0) is 11.3 Å². The highest BCUT2D eigenvalue weighted by molar-refractivity contribution is 5.80. The van der Waals surface area contributed by atoms with Crippen molar-refractivity contribution in [3.05, 3.63) is 29.6 Å². The van der Waals surface area contributed by atoms with Gasteiger partial charge >= 0.3 is 0 Å². The molecule has 0 fully saturated rings. The lowest BCUT2D eigenvalue weighted by atomic mass is 10.2. The van der Waals surface area contributed by atoms with Crippen molar-refractivity contribution >= 4 is 5.91 Å². The number of carbonyl (C=O) groups excluding carboxylic acids is 1. The van der Waals surface area contributed by atoms with Crippen LogP contribution in [0.15, 0.2) is 18.3 Å². The molecule has 0 aromatic carbocycles. The number of amides is 1. The molecule has 0 aliphatic rings. The Kier molecular flexibility index (Phi) is 3.81. The predicted molar refractivity (Wildman–Crippen MR) is 55.6 cm³/mol. The van der Waals surface area contributed by atoms with Crippen LogP contribution in [0.5, 0.6) is 0 Å². The number of rotatable bonds is 3. The van der Waals surface area contributed by atoms with E-state index in [1.165, 1.54) is 0 Å². The van der Waals surface area contributed by atoms with E-state index < -0.39 is 5.92 Å². The second-order valence-electron chi connectivity index (χ2n) is 3.38. The fourth-order valence-corrected chi connectivity index (χ4v) is 1.00. The number of nitriles is 1. The molecule has 4 heteroatoms. The molecule has 15 heavy (non-hydrogen) atoms. The van der Waals surface area contributed by atoms with Gasteiger partial charge in [0.2, 0.25) is 5.91 Å². The molecule has 1 heterocycles. The van der Waals surface area contributed by atoms with Gasteiger partial charge in [-0.3, -0.25) is 9.78 Å². The van der Waals surface area contributed by atoms with Crippen molar-refractivity contribution in [1.82, 2.24) is 10.3 Å². The van der Waals surface area contributed by atoms with E-state index in [-0.39, 0.29) is 5.91 Å². The fraction of sp³-hybridized carbons (Fsp3) is 0.364. The highest BCUT2D eigenvalue weighted by Crippen LogP contribution is 1.99. The molecule has 1 rings (SSSR count). The molecule has 0 spiro atoms. The molecule has 1 atom stereocenters. The van der Waals surface area contributed by atoms with Gasteiger partial charge in [-0.1, -0.05) is 6.07 Å². The minimum atomic E-state index is -0.608. The van der Waals surface area contributed by atoms with Crippen LogP contribution in [0.3, 0.4) is 0 Å². The third-order valence-electron chi connectivity index (χ3n) is 2.03. The molecule has 78 valence electrons. The standard InChI is InChI=1S/C11H13N3O/c1-8(5-12)11(15)14-7-10-4-3-9(2)13-6-10/h3-4,6,8H,7H2,1-2H3,(H,14,15). The first-order chi connectivity index (χ1) is 7.13. The van der Waals surface area contributed by atoms with Gasteiger partial charge in [-0.25, -0.2) is 0 Å². The Morgan fingerprint density at radius 1 is 1.67 bits per heavy atom. The highest BCUT2D eigenvalue weighted by Gasteiger charge is 2.10. The molecule has 1 N–H and O–H groups in total. The number of hydrogen-bond donors (Lipinski definition) is 1. The normalized spacial score (nSPS) is 11.5. The molecule has 1 unspecified atom stereocenters. The molecular weight excluding hydrogens is 190 g/mol. The Balaban J connectivity index is 2.48. The van der Waals surface area contributed by atoms with Crippen molar-refractivity contribution in [2.45, 2.75) is 20.4 Å². The molecular formula is C11H13N3O. The first-order valence-electron chi connectivity index (χ1n) is 4.72. The number of aryl methyl sites for hydroxylation is 1. The molecule has 0 aliphatic heterocycles. The van der Waals surface area contributed by atoms with Gasteiger partial charge in [0.15, 0.2) is 0 Å². The van der Waals surface area contributed by atoms with E-state index in [4.69, 9.17) is 5.26 Å². The summed E-state index contributed by atoms with van der Waals surface area (Å²) in [5, 5.41) is 11.2. The number of nitrogens with zero attached hydrogens (tertiary/aromatic N) is 2. The van der Waals surface area contributed by atoms with Crippen LogP contribution in [0, 0.1) is 24.2 Å². The zero-order valence-corrected chi connectivity index (χ0v) is 8.82. The van der Waals surface area contributed by atoms with E-state index in [9.17, 15) is 4.79 Å². The van der Waals surface area contributed by atoms with Crippen molar-refractivity contribution < 1.29 is 4.79 Å². The average molecular weight is 203 g/mol. The molecule has 4 nitrogen and oxygen atoms in total. The van der Waals surface area contributed by atoms with Crippen LogP contribution in [0.25, 0.3) is 0 Å². The van der Waals surface area contributed by atoms with Crippen LogP contribution in [-0.4, -0.2) is 10.9 Å². The van der Waals surface area contributed by atoms with Gasteiger partial charge < -0.3 is 5.32 Å². The van der Waals surface area contributed by atoms with Crippen LogP contribution in [0.4, 0.5) is 0 Å². The van der Waals surface area contributed by atoms with Gasteiger partial charge in [-0.2, -0.15) is 5.26 Å². The predicted octanol–water partition coefficient (Wildman–Crippen LogP) is 1.17. The first-order valence-corrected chi connectivity index (χ1v) is 4.72. The Hall–Kier alpha value is -1.89. The van der Waals surface area contributed by atoms with E-state index >= 15 is 0 Å². The summed E-state index contributed by atoms with van der Waals surface area (Å²) >= 11 is 0. The third-order valence-corrected chi connectivity index (χ3v) is 2.03. The summed E-state index contributed by atoms with van der Waals surface area (Å²) in [5.74, 6) is -0.860. The number of hydrogen-bond acceptors (Lipinski definition) is 3. The maximum Gasteiger partial charge on any atom is 0.237 e. The van der Waals surface area contributed by atoms with Gasteiger partial charge in [-0.05, 0) is 25.5 Å². The quantitative estimate of drug-likeness (QED) is 0.801. The zero-order chi connectivity index (χ0) is 11.3. The summed E-state index contributed by atoms with van der Waals surface area (Å²) in [7, 11) is 0. The molecule has 0 aliphatic carbocycles. The molecule has 0 saturated heterocycles. The average Bonchev–Trinajstić information content (AvgIpc) is 2.26. The molecule has 0 saturated carbocycles. The lowest BCUT2D eigenvalue weighted by molar-refractivity contribution is -0.123.